The maximum Gasteiger partial charge on any atom is 0.408 e. The van der Waals surface area contributed by atoms with E-state index in [1.807, 2.05) is 0 Å². The first-order valence-electron chi connectivity index (χ1n) is 12.8. The van der Waals surface area contributed by atoms with Crippen molar-refractivity contribution in [2.75, 3.05) is 13.7 Å². The number of aromatic hydroxyl groups is 1. The molecule has 16 heteroatoms. The number of carbonyl (C=O) groups excluding carboxylic acids is 3. The third-order valence-electron chi connectivity index (χ3n) is 6.10. The van der Waals surface area contributed by atoms with E-state index in [9.17, 15) is 45.1 Å². The summed E-state index contributed by atoms with van der Waals surface area (Å²) in [5, 5.41) is 60.1. The number of hydrogen-bond acceptors (Lipinski definition) is 12. The van der Waals surface area contributed by atoms with E-state index >= 15 is 0 Å². The van der Waals surface area contributed by atoms with E-state index in [0.717, 1.165) is 18.2 Å². The summed E-state index contributed by atoms with van der Waals surface area (Å²) >= 11 is 0. The number of aliphatic hydroxyl groups excluding tert-OH is 2. The smallest absolute Gasteiger partial charge is 0.408 e. The van der Waals surface area contributed by atoms with Gasteiger partial charge in [-0.25, -0.2) is 4.79 Å². The molecule has 3 amide bonds. The molecule has 0 spiro atoms. The summed E-state index contributed by atoms with van der Waals surface area (Å²) in [4.78, 5) is 50.4. The predicted molar refractivity (Wildman–Crippen MR) is 146 cm³/mol. The minimum absolute atomic E-state index is 0.0810. The standard InChI is InChI=1S/C27H31N5O11/c1-27(2,3)43-26(38)31-21-22(35)13-5-6-19(17(9-13)32(39)40)42-20-11-14(10-18(34)23(20)41-4)16(12-33)30-24(36)15(7-8-28)29-25(21)37/h5-6,9-11,15-16,21-22,33-35H,7,12H2,1-4H3,(H,29,37)(H,30,36)(H,31,38)/t15-,16-,21+,22+/m0/s1. The van der Waals surface area contributed by atoms with E-state index in [1.54, 1.807) is 26.8 Å². The molecule has 0 saturated carbocycles. The number of rotatable bonds is 5. The molecule has 0 radical (unpaired) electrons. The highest BCUT2D eigenvalue weighted by atomic mass is 16.6. The van der Waals surface area contributed by atoms with Crippen LogP contribution in [0.15, 0.2) is 30.3 Å². The second-order valence-electron chi connectivity index (χ2n) is 10.4. The van der Waals surface area contributed by atoms with Crippen molar-refractivity contribution in [2.24, 2.45) is 0 Å². The van der Waals surface area contributed by atoms with E-state index in [0.29, 0.717) is 0 Å². The van der Waals surface area contributed by atoms with Gasteiger partial charge in [-0.1, -0.05) is 6.07 Å². The quantitative estimate of drug-likeness (QED) is 0.211. The van der Waals surface area contributed by atoms with E-state index in [1.165, 1.54) is 19.2 Å². The number of alkyl carbamates (subject to hydrolysis) is 1. The average Bonchev–Trinajstić information content (AvgIpc) is 2.92. The number of aliphatic hydroxyl groups is 2. The number of phenols is 1. The molecule has 230 valence electrons. The van der Waals surface area contributed by atoms with Gasteiger partial charge < -0.3 is 45.5 Å². The van der Waals surface area contributed by atoms with E-state index < -0.39 is 77.1 Å². The Morgan fingerprint density at radius 3 is 2.40 bits per heavy atom. The SMILES string of the molecule is COc1c(O)cc2cc1Oc1ccc(cc1[N+](=O)[O-])[C@@H](O)[C@@H](NC(=O)OC(C)(C)C)C(=O)N[C@@H](CC#N)C(=O)N[C@H]2CO. The molecule has 4 rings (SSSR count). The number of carbonyl (C=O) groups is 3. The molecule has 2 aromatic rings. The van der Waals surface area contributed by atoms with Crippen LogP contribution in [0.5, 0.6) is 23.0 Å². The Bertz CT molecular complexity index is 1450. The van der Waals surface area contributed by atoms with Crippen LogP contribution < -0.4 is 25.4 Å². The number of methoxy groups -OCH3 is 1. The third-order valence-corrected chi connectivity index (χ3v) is 6.10. The molecule has 0 fully saturated rings. The number of benzene rings is 2. The van der Waals surface area contributed by atoms with Crippen molar-refractivity contribution in [1.82, 2.24) is 16.0 Å². The highest BCUT2D eigenvalue weighted by Gasteiger charge is 2.36. The van der Waals surface area contributed by atoms with Crippen molar-refractivity contribution in [3.05, 3.63) is 51.6 Å². The number of amides is 3. The number of nitrogens with zero attached hydrogens (tertiary/aromatic N) is 2. The van der Waals surface area contributed by atoms with Crippen LogP contribution in [-0.2, 0) is 14.3 Å². The zero-order chi connectivity index (χ0) is 32.1. The number of nitro benzene ring substituents is 1. The molecule has 0 saturated heterocycles. The molecule has 4 bridgehead atoms. The van der Waals surface area contributed by atoms with Gasteiger partial charge in [0, 0.05) is 6.07 Å². The lowest BCUT2D eigenvalue weighted by molar-refractivity contribution is -0.385. The van der Waals surface area contributed by atoms with Crippen LogP contribution in [0.2, 0.25) is 0 Å². The maximum absolute atomic E-state index is 13.4. The molecule has 4 atom stereocenters. The van der Waals surface area contributed by atoms with E-state index in [2.05, 4.69) is 16.0 Å². The van der Waals surface area contributed by atoms with Crippen LogP contribution in [0.25, 0.3) is 0 Å². The molecule has 16 nitrogen and oxygen atoms in total. The van der Waals surface area contributed by atoms with E-state index in [4.69, 9.17) is 14.2 Å². The molecule has 0 unspecified atom stereocenters. The summed E-state index contributed by atoms with van der Waals surface area (Å²) in [5.74, 6) is -3.35. The van der Waals surface area contributed by atoms with Crippen molar-refractivity contribution < 1.29 is 48.8 Å². The topological polar surface area (TPSA) is 243 Å². The van der Waals surface area contributed by atoms with Gasteiger partial charge in [0.2, 0.25) is 23.3 Å². The highest BCUT2D eigenvalue weighted by Crippen LogP contribution is 2.43. The van der Waals surface area contributed by atoms with Gasteiger partial charge in [0.1, 0.15) is 23.8 Å². The summed E-state index contributed by atoms with van der Waals surface area (Å²) in [7, 11) is 1.21. The lowest BCUT2D eigenvalue weighted by Gasteiger charge is -2.28. The minimum atomic E-state index is -1.92. The lowest BCUT2D eigenvalue weighted by atomic mass is 9.99. The molecule has 2 heterocycles. The van der Waals surface area contributed by atoms with E-state index in [-0.39, 0.29) is 28.4 Å². The van der Waals surface area contributed by atoms with Crippen LogP contribution in [-0.4, -0.2) is 69.6 Å². The summed E-state index contributed by atoms with van der Waals surface area (Å²) in [6.45, 7) is 3.94. The van der Waals surface area contributed by atoms with Crippen molar-refractivity contribution in [2.45, 2.75) is 57.0 Å². The van der Waals surface area contributed by atoms with Gasteiger partial charge in [-0.05, 0) is 50.1 Å². The van der Waals surface area contributed by atoms with Gasteiger partial charge in [0.25, 0.3) is 0 Å². The van der Waals surface area contributed by atoms with Crippen molar-refractivity contribution in [1.29, 1.82) is 5.26 Å². The Labute approximate surface area is 245 Å². The molecular formula is C27H31N5O11. The van der Waals surface area contributed by atoms with Crippen LogP contribution in [0, 0.1) is 21.4 Å². The summed E-state index contributed by atoms with van der Waals surface area (Å²) in [5.41, 5.74) is -1.79. The largest absolute Gasteiger partial charge is 0.504 e. The Morgan fingerprint density at radius 2 is 1.81 bits per heavy atom. The van der Waals surface area contributed by atoms with Crippen LogP contribution in [0.1, 0.15) is 50.5 Å². The highest BCUT2D eigenvalue weighted by molar-refractivity contribution is 5.92. The zero-order valence-corrected chi connectivity index (χ0v) is 23.6. The number of phenolic OH excluding ortho intramolecular Hbond substituents is 1. The second kappa shape index (κ2) is 13.2. The third kappa shape index (κ3) is 7.78. The number of fused-ring (bicyclic) bond motifs is 9. The molecular weight excluding hydrogens is 570 g/mol. The van der Waals surface area contributed by atoms with Crippen LogP contribution >= 0.6 is 0 Å². The number of nitriles is 1. The molecule has 2 aliphatic rings. The monoisotopic (exact) mass is 601 g/mol. The zero-order valence-electron chi connectivity index (χ0n) is 23.6. The molecule has 0 aromatic heterocycles. The lowest BCUT2D eigenvalue weighted by Crippen LogP contribution is -2.56. The first-order valence-corrected chi connectivity index (χ1v) is 12.8. The van der Waals surface area contributed by atoms with Gasteiger partial charge >= 0.3 is 11.8 Å². The normalized spacial score (nSPS) is 20.6. The maximum atomic E-state index is 13.4. The van der Waals surface area contributed by atoms with Gasteiger partial charge in [-0.3, -0.25) is 19.7 Å². The summed E-state index contributed by atoms with van der Waals surface area (Å²) in [6.07, 6.45) is -3.61. The number of hydrogen-bond donors (Lipinski definition) is 6. The first kappa shape index (κ1) is 32.4. The fourth-order valence-corrected chi connectivity index (χ4v) is 4.14. The average molecular weight is 602 g/mol. The Balaban J connectivity index is 2.23. The number of ether oxygens (including phenoxy) is 3. The number of nitro groups is 1. The van der Waals surface area contributed by atoms with Gasteiger partial charge in [0.05, 0.1) is 37.2 Å². The molecule has 0 aliphatic carbocycles. The predicted octanol–water partition coefficient (Wildman–Crippen LogP) is 1.59. The number of nitrogens with one attached hydrogen (secondary N) is 3. The summed E-state index contributed by atoms with van der Waals surface area (Å²) in [6, 6.07) is 2.77. The molecule has 2 aliphatic heterocycles. The first-order chi connectivity index (χ1) is 20.2. The van der Waals surface area contributed by atoms with Crippen LogP contribution in [0.4, 0.5) is 10.5 Å². The Morgan fingerprint density at radius 1 is 1.14 bits per heavy atom. The van der Waals surface area contributed by atoms with Crippen molar-refractivity contribution >= 4 is 23.6 Å². The molecule has 43 heavy (non-hydrogen) atoms. The Kier molecular flexibility index (Phi) is 9.96. The van der Waals surface area contributed by atoms with Crippen LogP contribution in [0.3, 0.4) is 0 Å². The van der Waals surface area contributed by atoms with Gasteiger partial charge in [-0.15, -0.1) is 0 Å². The summed E-state index contributed by atoms with van der Waals surface area (Å²) < 4.78 is 16.1. The van der Waals surface area contributed by atoms with Crippen molar-refractivity contribution in [3.8, 4) is 29.1 Å². The van der Waals surface area contributed by atoms with Gasteiger partial charge in [-0.2, -0.15) is 5.26 Å². The fourth-order valence-electron chi connectivity index (χ4n) is 4.14. The molecule has 2 aromatic carbocycles. The Hall–Kier alpha value is -5.14. The van der Waals surface area contributed by atoms with Crippen molar-refractivity contribution in [3.63, 3.8) is 0 Å². The fraction of sp³-hybridized carbons (Fsp3) is 0.407. The minimum Gasteiger partial charge on any atom is -0.504 e. The molecule has 6 N–H and O–H groups in total. The second-order valence-corrected chi connectivity index (χ2v) is 10.4. The van der Waals surface area contributed by atoms with Gasteiger partial charge in [0.15, 0.2) is 11.5 Å².